The van der Waals surface area contributed by atoms with Crippen molar-refractivity contribution in [3.63, 3.8) is 0 Å². The number of fused-ring (bicyclic) bond motifs is 1. The van der Waals surface area contributed by atoms with Gasteiger partial charge in [0.2, 0.25) is 35.4 Å². The van der Waals surface area contributed by atoms with Crippen LogP contribution in [-0.4, -0.2) is 122 Å². The average molecular weight is 877 g/mol. The molecule has 63 heavy (non-hydrogen) atoms. The number of carbonyl (C=O) groups excluding carboxylic acids is 6. The highest BCUT2D eigenvalue weighted by molar-refractivity contribution is 5.98. The van der Waals surface area contributed by atoms with Crippen LogP contribution in [0.1, 0.15) is 78.9 Å². The molecule has 2 heterocycles. The summed E-state index contributed by atoms with van der Waals surface area (Å²) in [6.07, 6.45) is 1.11. The maximum Gasteiger partial charge on any atom is 0.328 e. The van der Waals surface area contributed by atoms with Crippen LogP contribution in [0.2, 0.25) is 0 Å². The molecule has 0 spiro atoms. The fraction of sp³-hybridized carbons (Fsp3) is 0.533. The number of amides is 6. The summed E-state index contributed by atoms with van der Waals surface area (Å²) in [5.74, 6) is -6.19. The number of nitrogens with zero attached hydrogens (tertiary/aromatic N) is 1. The lowest BCUT2D eigenvalue weighted by molar-refractivity contribution is -0.145. The number of carboxylic acids is 1. The van der Waals surface area contributed by atoms with Crippen LogP contribution in [0.3, 0.4) is 0 Å². The Morgan fingerprint density at radius 1 is 0.746 bits per heavy atom. The van der Waals surface area contributed by atoms with Crippen LogP contribution < -0.4 is 32.3 Å². The maximum absolute atomic E-state index is 14.6. The third kappa shape index (κ3) is 13.5. The van der Waals surface area contributed by atoms with Crippen molar-refractivity contribution in [2.45, 2.75) is 129 Å². The molecule has 1 fully saturated rings. The van der Waals surface area contributed by atoms with Gasteiger partial charge in [0.25, 0.3) is 0 Å². The molecule has 0 aliphatic carbocycles. The van der Waals surface area contributed by atoms with Gasteiger partial charge in [-0.05, 0) is 73.3 Å². The molecule has 11 N–H and O–H groups in total. The number of aromatic nitrogens is 1. The summed E-state index contributed by atoms with van der Waals surface area (Å²) in [6.45, 7) is 12.1. The number of carboxylic acid groups (broad SMARTS) is 1. The second kappa shape index (κ2) is 22.4. The summed E-state index contributed by atoms with van der Waals surface area (Å²) in [7, 11) is 0. The summed E-state index contributed by atoms with van der Waals surface area (Å²) >= 11 is 0. The SMILES string of the molecule is CC(C)CC(N)C(=O)NC(C(=O)NC(C(=O)NC(Cc1ccc(O)cc1)C(=O)N1CCCC1C(=O)NC(Cc1c[nH]c2ccccc12)C(=O)NC(C(=O)O)C(C)O)C(C)C)C(C)C. The number of phenolic OH excluding ortho intramolecular Hbond substituents is 1. The van der Waals surface area contributed by atoms with Crippen molar-refractivity contribution in [3.05, 3.63) is 65.9 Å². The number of rotatable bonds is 21. The third-order valence-corrected chi connectivity index (χ3v) is 11.2. The smallest absolute Gasteiger partial charge is 0.328 e. The Balaban J connectivity index is 1.59. The Morgan fingerprint density at radius 2 is 1.33 bits per heavy atom. The molecule has 0 bridgehead atoms. The van der Waals surface area contributed by atoms with E-state index in [0.29, 0.717) is 24.0 Å². The Hall–Kier alpha value is -6.01. The van der Waals surface area contributed by atoms with Crippen LogP contribution in [-0.2, 0) is 46.4 Å². The zero-order valence-corrected chi connectivity index (χ0v) is 37.0. The minimum atomic E-state index is -1.67. The number of H-pyrrole nitrogens is 1. The molecule has 18 heteroatoms. The number of phenols is 1. The first-order valence-corrected chi connectivity index (χ1v) is 21.5. The number of aromatic amines is 1. The van der Waals surface area contributed by atoms with Crippen molar-refractivity contribution in [3.8, 4) is 5.75 Å². The second-order valence-corrected chi connectivity index (χ2v) is 17.5. The molecule has 8 unspecified atom stereocenters. The second-order valence-electron chi connectivity index (χ2n) is 17.5. The quantitative estimate of drug-likeness (QED) is 0.0727. The molecule has 1 aliphatic heterocycles. The fourth-order valence-corrected chi connectivity index (χ4v) is 7.66. The molecule has 3 aromatic rings. The minimum Gasteiger partial charge on any atom is -0.508 e. The summed E-state index contributed by atoms with van der Waals surface area (Å²) in [4.78, 5) is 99.7. The molecule has 0 saturated carbocycles. The van der Waals surface area contributed by atoms with Crippen molar-refractivity contribution in [2.75, 3.05) is 6.54 Å². The normalized spacial score (nSPS) is 17.3. The van der Waals surface area contributed by atoms with Gasteiger partial charge >= 0.3 is 5.97 Å². The zero-order chi connectivity index (χ0) is 46.7. The molecule has 1 aliphatic rings. The number of nitrogens with one attached hydrogen (secondary N) is 6. The largest absolute Gasteiger partial charge is 0.508 e. The van der Waals surface area contributed by atoms with Gasteiger partial charge in [0.1, 0.15) is 36.0 Å². The van der Waals surface area contributed by atoms with E-state index in [-0.39, 0.29) is 43.4 Å². The molecule has 4 rings (SSSR count). The Kier molecular flexibility index (Phi) is 17.6. The summed E-state index contributed by atoms with van der Waals surface area (Å²) in [6, 6.07) is 4.95. The van der Waals surface area contributed by atoms with Crippen LogP contribution in [0.5, 0.6) is 5.75 Å². The molecule has 344 valence electrons. The number of hydrogen-bond donors (Lipinski definition) is 10. The molecule has 2 aromatic carbocycles. The fourth-order valence-electron chi connectivity index (χ4n) is 7.66. The molecule has 1 saturated heterocycles. The van der Waals surface area contributed by atoms with E-state index < -0.39 is 95.7 Å². The summed E-state index contributed by atoms with van der Waals surface area (Å²) < 4.78 is 0. The van der Waals surface area contributed by atoms with Crippen molar-refractivity contribution in [2.24, 2.45) is 23.5 Å². The number of likely N-dealkylation sites (tertiary alicyclic amines) is 1. The number of aromatic hydroxyl groups is 1. The van der Waals surface area contributed by atoms with Gasteiger partial charge < -0.3 is 57.5 Å². The number of carbonyl (C=O) groups is 7. The average Bonchev–Trinajstić information content (AvgIpc) is 3.88. The van der Waals surface area contributed by atoms with E-state index >= 15 is 0 Å². The Morgan fingerprint density at radius 3 is 1.92 bits per heavy atom. The van der Waals surface area contributed by atoms with Gasteiger partial charge in [-0.1, -0.05) is 71.9 Å². The summed E-state index contributed by atoms with van der Waals surface area (Å²) in [5, 5.41) is 43.9. The first kappa shape index (κ1) is 49.6. The van der Waals surface area contributed by atoms with Crippen molar-refractivity contribution in [1.29, 1.82) is 0 Å². The third-order valence-electron chi connectivity index (χ3n) is 11.2. The minimum absolute atomic E-state index is 0.0177. The van der Waals surface area contributed by atoms with Gasteiger partial charge in [0.05, 0.1) is 12.1 Å². The van der Waals surface area contributed by atoms with Crippen molar-refractivity contribution >= 4 is 52.3 Å². The zero-order valence-electron chi connectivity index (χ0n) is 37.0. The van der Waals surface area contributed by atoms with Crippen LogP contribution >= 0.6 is 0 Å². The van der Waals surface area contributed by atoms with E-state index in [0.717, 1.165) is 10.9 Å². The number of aliphatic carboxylic acids is 1. The highest BCUT2D eigenvalue weighted by Gasteiger charge is 2.41. The van der Waals surface area contributed by atoms with E-state index in [1.54, 1.807) is 46.0 Å². The van der Waals surface area contributed by atoms with Crippen LogP contribution in [0.15, 0.2) is 54.7 Å². The van der Waals surface area contributed by atoms with E-state index in [9.17, 15) is 48.9 Å². The van der Waals surface area contributed by atoms with Gasteiger partial charge in [-0.2, -0.15) is 0 Å². The van der Waals surface area contributed by atoms with Gasteiger partial charge in [0, 0.05) is 36.5 Å². The first-order valence-electron chi connectivity index (χ1n) is 21.5. The highest BCUT2D eigenvalue weighted by Crippen LogP contribution is 2.23. The van der Waals surface area contributed by atoms with E-state index in [1.807, 2.05) is 38.1 Å². The molecule has 1 aromatic heterocycles. The first-order chi connectivity index (χ1) is 29.7. The van der Waals surface area contributed by atoms with Gasteiger partial charge in [0.15, 0.2) is 6.04 Å². The number of para-hydroxylation sites is 1. The maximum atomic E-state index is 14.6. The lowest BCUT2D eigenvalue weighted by Crippen LogP contribution is -2.61. The Bertz CT molecular complexity index is 2080. The number of aliphatic hydroxyl groups is 1. The Labute approximate surface area is 367 Å². The van der Waals surface area contributed by atoms with Gasteiger partial charge in [-0.15, -0.1) is 0 Å². The van der Waals surface area contributed by atoms with E-state index in [4.69, 9.17) is 5.73 Å². The molecule has 6 amide bonds. The van der Waals surface area contributed by atoms with Crippen LogP contribution in [0.25, 0.3) is 10.9 Å². The molecular formula is C45H64N8O10. The van der Waals surface area contributed by atoms with E-state index in [1.165, 1.54) is 24.0 Å². The highest BCUT2D eigenvalue weighted by atomic mass is 16.4. The van der Waals surface area contributed by atoms with Gasteiger partial charge in [-0.3, -0.25) is 28.8 Å². The van der Waals surface area contributed by atoms with Crippen molar-refractivity contribution in [1.82, 2.24) is 36.5 Å². The number of benzene rings is 2. The monoisotopic (exact) mass is 876 g/mol. The van der Waals surface area contributed by atoms with E-state index in [2.05, 4.69) is 31.6 Å². The molecule has 0 radical (unpaired) electrons. The molecule has 8 atom stereocenters. The number of aliphatic hydroxyl groups excluding tert-OH is 1. The number of hydrogen-bond acceptors (Lipinski definition) is 10. The van der Waals surface area contributed by atoms with Crippen molar-refractivity contribution < 1.29 is 48.9 Å². The predicted molar refractivity (Wildman–Crippen MR) is 235 cm³/mol. The van der Waals surface area contributed by atoms with Gasteiger partial charge in [-0.25, -0.2) is 4.79 Å². The molecule has 18 nitrogen and oxygen atoms in total. The topological polar surface area (TPSA) is 285 Å². The standard InChI is InChI=1S/C45H64N8O10/c1-23(2)19-31(46)39(56)50-37(25(5)6)43(60)51-36(24(3)4)42(59)49-34(20-27-14-16-29(55)17-15-27)44(61)53-18-10-13-35(53)41(58)48-33(40(57)52-38(26(7)54)45(62)63)21-28-22-47-32-12-9-8-11-30(28)32/h8-9,11-12,14-17,22-26,31,33-38,47,54-55H,10,13,18-21,46H2,1-7H3,(H,48,58)(H,49,59)(H,50,56)(H,51,60)(H,52,57)(H,62,63). The summed E-state index contributed by atoms with van der Waals surface area (Å²) in [5.41, 5.74) is 8.08. The lowest BCUT2D eigenvalue weighted by Gasteiger charge is -2.32. The van der Waals surface area contributed by atoms with Crippen LogP contribution in [0.4, 0.5) is 0 Å². The van der Waals surface area contributed by atoms with Crippen LogP contribution in [0, 0.1) is 17.8 Å². The number of nitrogens with two attached hydrogens (primary N) is 1. The molecular weight excluding hydrogens is 813 g/mol. The predicted octanol–water partition coefficient (Wildman–Crippen LogP) is 1.22. The lowest BCUT2D eigenvalue weighted by atomic mass is 9.97.